The number of ether oxygens (including phenoxy) is 1. The molecule has 1 saturated carbocycles. The summed E-state index contributed by atoms with van der Waals surface area (Å²) in [4.78, 5) is 10.7. The molecular formula is C15H22N2O2. The van der Waals surface area contributed by atoms with Crippen molar-refractivity contribution < 1.29 is 9.53 Å². The molecule has 1 amide bonds. The van der Waals surface area contributed by atoms with Crippen LogP contribution < -0.4 is 11.1 Å². The van der Waals surface area contributed by atoms with Crippen LogP contribution in [0.2, 0.25) is 0 Å². The van der Waals surface area contributed by atoms with Crippen molar-refractivity contribution in [2.24, 2.45) is 5.73 Å². The van der Waals surface area contributed by atoms with Crippen molar-refractivity contribution in [2.45, 2.75) is 51.7 Å². The Labute approximate surface area is 114 Å². The summed E-state index contributed by atoms with van der Waals surface area (Å²) in [5.41, 5.74) is 8.82. The first-order chi connectivity index (χ1) is 9.04. The highest BCUT2D eigenvalue weighted by Crippen LogP contribution is 2.25. The molecule has 104 valence electrons. The lowest BCUT2D eigenvalue weighted by molar-refractivity contribution is 0.0806. The van der Waals surface area contributed by atoms with E-state index in [-0.39, 0.29) is 6.10 Å². The summed E-state index contributed by atoms with van der Waals surface area (Å²) in [6.45, 7) is 4.24. The molecule has 0 spiro atoms. The molecule has 4 heteroatoms. The highest BCUT2D eigenvalue weighted by Gasteiger charge is 2.23. The Morgan fingerprint density at radius 1 is 1.21 bits per heavy atom. The predicted octanol–water partition coefficient (Wildman–Crippen LogP) is 3.12. The fraction of sp³-hybridized carbons (Fsp3) is 0.533. The molecule has 1 fully saturated rings. The minimum absolute atomic E-state index is 0.00435. The lowest BCUT2D eigenvalue weighted by atomic mass is 9.92. The zero-order valence-electron chi connectivity index (χ0n) is 11.6. The Balaban J connectivity index is 1.85. The van der Waals surface area contributed by atoms with Gasteiger partial charge in [0.1, 0.15) is 6.10 Å². The van der Waals surface area contributed by atoms with Crippen molar-refractivity contribution in [1.29, 1.82) is 0 Å². The van der Waals surface area contributed by atoms with Crippen LogP contribution in [0.15, 0.2) is 18.2 Å². The normalized spacial score (nSPS) is 22.8. The van der Waals surface area contributed by atoms with Crippen molar-refractivity contribution in [1.82, 2.24) is 0 Å². The molecule has 0 aromatic heterocycles. The van der Waals surface area contributed by atoms with E-state index in [1.807, 2.05) is 0 Å². The van der Waals surface area contributed by atoms with E-state index in [2.05, 4.69) is 37.4 Å². The summed E-state index contributed by atoms with van der Waals surface area (Å²) in [6, 6.07) is 6.89. The monoisotopic (exact) mass is 262 g/mol. The van der Waals surface area contributed by atoms with Gasteiger partial charge in [-0.3, -0.25) is 0 Å². The van der Waals surface area contributed by atoms with Crippen LogP contribution in [0.1, 0.15) is 36.8 Å². The maximum absolute atomic E-state index is 10.7. The molecule has 1 aromatic rings. The van der Waals surface area contributed by atoms with Crippen molar-refractivity contribution in [3.05, 3.63) is 29.3 Å². The quantitative estimate of drug-likeness (QED) is 0.879. The molecular weight excluding hydrogens is 240 g/mol. The lowest BCUT2D eigenvalue weighted by Gasteiger charge is -2.29. The van der Waals surface area contributed by atoms with Gasteiger partial charge in [-0.2, -0.15) is 0 Å². The van der Waals surface area contributed by atoms with E-state index >= 15 is 0 Å². The average Bonchev–Trinajstić information content (AvgIpc) is 2.36. The molecule has 0 radical (unpaired) electrons. The van der Waals surface area contributed by atoms with E-state index in [1.165, 1.54) is 16.8 Å². The third-order valence-corrected chi connectivity index (χ3v) is 3.83. The highest BCUT2D eigenvalue weighted by molar-refractivity contribution is 5.64. The van der Waals surface area contributed by atoms with Crippen LogP contribution in [0, 0.1) is 13.8 Å². The Morgan fingerprint density at radius 3 is 2.47 bits per heavy atom. The van der Waals surface area contributed by atoms with Crippen molar-refractivity contribution in [3.63, 3.8) is 0 Å². The number of carbonyl (C=O) groups is 1. The molecule has 1 aromatic carbocycles. The summed E-state index contributed by atoms with van der Waals surface area (Å²) in [5, 5.41) is 3.55. The minimum Gasteiger partial charge on any atom is -0.446 e. The fourth-order valence-corrected chi connectivity index (χ4v) is 2.56. The fourth-order valence-electron chi connectivity index (χ4n) is 2.56. The minimum atomic E-state index is -0.662. The van der Waals surface area contributed by atoms with Crippen LogP contribution in [0.3, 0.4) is 0 Å². The zero-order chi connectivity index (χ0) is 13.8. The SMILES string of the molecule is Cc1ccc(NC2CCC(OC(N)=O)CC2)cc1C. The van der Waals surface area contributed by atoms with Gasteiger partial charge in [0, 0.05) is 11.7 Å². The van der Waals surface area contributed by atoms with Crippen LogP contribution in [0.4, 0.5) is 10.5 Å². The van der Waals surface area contributed by atoms with Gasteiger partial charge >= 0.3 is 6.09 Å². The largest absolute Gasteiger partial charge is 0.446 e. The maximum atomic E-state index is 10.7. The number of benzene rings is 1. The van der Waals surface area contributed by atoms with Gasteiger partial charge in [0.25, 0.3) is 0 Å². The number of nitrogens with two attached hydrogens (primary N) is 1. The zero-order valence-corrected chi connectivity index (χ0v) is 11.6. The molecule has 0 unspecified atom stereocenters. The van der Waals surface area contributed by atoms with E-state index in [4.69, 9.17) is 10.5 Å². The Morgan fingerprint density at radius 2 is 1.89 bits per heavy atom. The number of carbonyl (C=O) groups excluding carboxylic acids is 1. The molecule has 1 aliphatic rings. The van der Waals surface area contributed by atoms with Gasteiger partial charge in [-0.25, -0.2) is 4.79 Å². The summed E-state index contributed by atoms with van der Waals surface area (Å²) in [7, 11) is 0. The second-order valence-corrected chi connectivity index (χ2v) is 5.35. The van der Waals surface area contributed by atoms with Crippen LogP contribution in [-0.2, 0) is 4.74 Å². The molecule has 0 atom stereocenters. The Hall–Kier alpha value is -1.71. The third-order valence-electron chi connectivity index (χ3n) is 3.83. The molecule has 19 heavy (non-hydrogen) atoms. The van der Waals surface area contributed by atoms with Crippen LogP contribution in [0.5, 0.6) is 0 Å². The second-order valence-electron chi connectivity index (χ2n) is 5.35. The van der Waals surface area contributed by atoms with E-state index < -0.39 is 6.09 Å². The number of nitrogens with one attached hydrogen (secondary N) is 1. The van der Waals surface area contributed by atoms with E-state index in [0.717, 1.165) is 25.7 Å². The number of hydrogen-bond acceptors (Lipinski definition) is 3. The smallest absolute Gasteiger partial charge is 0.404 e. The van der Waals surface area contributed by atoms with Crippen molar-refractivity contribution in [2.75, 3.05) is 5.32 Å². The first-order valence-corrected chi connectivity index (χ1v) is 6.84. The van der Waals surface area contributed by atoms with Gasteiger partial charge in [-0.05, 0) is 62.8 Å². The van der Waals surface area contributed by atoms with Crippen molar-refractivity contribution >= 4 is 11.8 Å². The van der Waals surface area contributed by atoms with Gasteiger partial charge in [-0.15, -0.1) is 0 Å². The van der Waals surface area contributed by atoms with E-state index in [9.17, 15) is 4.79 Å². The van der Waals surface area contributed by atoms with E-state index in [1.54, 1.807) is 0 Å². The average molecular weight is 262 g/mol. The first-order valence-electron chi connectivity index (χ1n) is 6.84. The van der Waals surface area contributed by atoms with Crippen LogP contribution in [0.25, 0.3) is 0 Å². The standard InChI is InChI=1S/C15H22N2O2/c1-10-3-4-13(9-11(10)2)17-12-5-7-14(8-6-12)19-15(16)18/h3-4,9,12,14,17H,5-8H2,1-2H3,(H2,16,18). The summed E-state index contributed by atoms with van der Waals surface area (Å²) in [6.07, 6.45) is 3.10. The number of anilines is 1. The van der Waals surface area contributed by atoms with Crippen molar-refractivity contribution in [3.8, 4) is 0 Å². The Kier molecular flexibility index (Phi) is 4.30. The number of rotatable bonds is 3. The first kappa shape index (κ1) is 13.7. The van der Waals surface area contributed by atoms with Gasteiger partial charge in [0.15, 0.2) is 0 Å². The number of hydrogen-bond donors (Lipinski definition) is 2. The second kappa shape index (κ2) is 5.95. The third kappa shape index (κ3) is 3.88. The molecule has 3 N–H and O–H groups in total. The molecule has 4 nitrogen and oxygen atoms in total. The summed E-state index contributed by atoms with van der Waals surface area (Å²) >= 11 is 0. The van der Waals surface area contributed by atoms with Crippen LogP contribution >= 0.6 is 0 Å². The molecule has 2 rings (SSSR count). The van der Waals surface area contributed by atoms with Crippen LogP contribution in [-0.4, -0.2) is 18.2 Å². The van der Waals surface area contributed by atoms with Gasteiger partial charge in [0.05, 0.1) is 0 Å². The molecule has 0 heterocycles. The topological polar surface area (TPSA) is 64.3 Å². The predicted molar refractivity (Wildman–Crippen MR) is 76.3 cm³/mol. The number of primary amides is 1. The summed E-state index contributed by atoms with van der Waals surface area (Å²) < 4.78 is 5.04. The highest BCUT2D eigenvalue weighted by atomic mass is 16.6. The number of amides is 1. The molecule has 0 bridgehead atoms. The molecule has 1 aliphatic carbocycles. The molecule has 0 aliphatic heterocycles. The maximum Gasteiger partial charge on any atom is 0.404 e. The van der Waals surface area contributed by atoms with Gasteiger partial charge in [0.2, 0.25) is 0 Å². The Bertz CT molecular complexity index is 451. The van der Waals surface area contributed by atoms with Gasteiger partial charge < -0.3 is 15.8 Å². The summed E-state index contributed by atoms with van der Waals surface area (Å²) in [5.74, 6) is 0. The van der Waals surface area contributed by atoms with E-state index in [0.29, 0.717) is 6.04 Å². The lowest BCUT2D eigenvalue weighted by Crippen LogP contribution is -2.32. The van der Waals surface area contributed by atoms with Gasteiger partial charge in [-0.1, -0.05) is 6.07 Å². The number of aryl methyl sites for hydroxylation is 2. The molecule has 0 saturated heterocycles.